The largest absolute Gasteiger partial charge is 0.253 e. The number of aromatic nitrogens is 1. The average molecular weight is 253 g/mol. The third-order valence-electron chi connectivity index (χ3n) is 2.65. The van der Waals surface area contributed by atoms with Crippen LogP contribution in [-0.2, 0) is 0 Å². The van der Waals surface area contributed by atoms with Crippen LogP contribution in [0.3, 0.4) is 0 Å². The van der Waals surface area contributed by atoms with E-state index in [0.717, 1.165) is 17.0 Å². The van der Waals surface area contributed by atoms with E-state index in [1.807, 2.05) is 31.2 Å². The first-order valence-electron chi connectivity index (χ1n) is 6.79. The Hall–Kier alpha value is -1.89. The van der Waals surface area contributed by atoms with Crippen molar-refractivity contribution >= 4 is 6.08 Å². The highest BCUT2D eigenvalue weighted by molar-refractivity contribution is 5.66. The van der Waals surface area contributed by atoms with Crippen LogP contribution in [0.15, 0.2) is 43.0 Å². The highest BCUT2D eigenvalue weighted by Gasteiger charge is 2.03. The summed E-state index contributed by atoms with van der Waals surface area (Å²) in [7, 11) is 0. The highest BCUT2D eigenvalue weighted by Crippen LogP contribution is 2.22. The van der Waals surface area contributed by atoms with Gasteiger partial charge in [-0.3, -0.25) is 4.98 Å². The maximum Gasteiger partial charge on any atom is 0.0707 e. The molecule has 0 bridgehead atoms. The van der Waals surface area contributed by atoms with E-state index in [4.69, 9.17) is 0 Å². The van der Waals surface area contributed by atoms with E-state index >= 15 is 0 Å². The van der Waals surface area contributed by atoms with E-state index in [2.05, 4.69) is 50.5 Å². The molecule has 0 radical (unpaired) electrons. The van der Waals surface area contributed by atoms with Gasteiger partial charge in [0.15, 0.2) is 0 Å². The van der Waals surface area contributed by atoms with Crippen LogP contribution in [-0.4, -0.2) is 4.98 Å². The first-order valence-corrected chi connectivity index (χ1v) is 6.79. The third kappa shape index (κ3) is 4.36. The molecular weight excluding hydrogens is 230 g/mol. The zero-order valence-corrected chi connectivity index (χ0v) is 12.4. The fraction of sp³-hybridized carbons (Fsp3) is 0.278. The van der Waals surface area contributed by atoms with Gasteiger partial charge in [0.25, 0.3) is 0 Å². The quantitative estimate of drug-likeness (QED) is 0.696. The van der Waals surface area contributed by atoms with Gasteiger partial charge in [-0.2, -0.15) is 0 Å². The van der Waals surface area contributed by atoms with Crippen molar-refractivity contribution in [2.24, 2.45) is 0 Å². The maximum absolute atomic E-state index is 4.53. The van der Waals surface area contributed by atoms with Gasteiger partial charge in [0.1, 0.15) is 0 Å². The molecule has 1 aromatic carbocycles. The predicted molar refractivity (Wildman–Crippen MR) is 85.2 cm³/mol. The first kappa shape index (κ1) is 15.2. The minimum Gasteiger partial charge on any atom is -0.253 e. The van der Waals surface area contributed by atoms with Gasteiger partial charge in [-0.15, -0.1) is 0 Å². The number of hydrogen-bond donors (Lipinski definition) is 0. The van der Waals surface area contributed by atoms with Crippen molar-refractivity contribution in [1.29, 1.82) is 0 Å². The maximum atomic E-state index is 4.53. The smallest absolute Gasteiger partial charge is 0.0707 e. The van der Waals surface area contributed by atoms with Crippen molar-refractivity contribution in [1.82, 2.24) is 4.98 Å². The van der Waals surface area contributed by atoms with E-state index in [1.54, 1.807) is 0 Å². The van der Waals surface area contributed by atoms with E-state index in [0.29, 0.717) is 0 Å². The molecule has 0 aliphatic rings. The molecule has 0 amide bonds. The number of nitrogens with zero attached hydrogens (tertiary/aromatic N) is 1. The summed E-state index contributed by atoms with van der Waals surface area (Å²) in [6.45, 7) is 12.1. The van der Waals surface area contributed by atoms with Gasteiger partial charge in [0.05, 0.1) is 5.69 Å². The molecule has 1 heteroatoms. The van der Waals surface area contributed by atoms with Crippen LogP contribution in [0.5, 0.6) is 0 Å². The second-order valence-corrected chi connectivity index (χ2v) is 4.65. The molecule has 0 unspecified atom stereocenters. The normalized spacial score (nSPS) is 9.47. The zero-order valence-electron chi connectivity index (χ0n) is 12.4. The summed E-state index contributed by atoms with van der Waals surface area (Å²) in [4.78, 5) is 4.53. The third-order valence-corrected chi connectivity index (χ3v) is 2.65. The molecular formula is C18H23N. The number of rotatable bonds is 2. The molecule has 2 aromatic rings. The molecule has 0 N–H and O–H groups in total. The van der Waals surface area contributed by atoms with E-state index in [1.165, 1.54) is 17.5 Å². The molecule has 0 aliphatic heterocycles. The molecule has 0 aliphatic carbocycles. The van der Waals surface area contributed by atoms with Crippen LogP contribution in [0.25, 0.3) is 17.3 Å². The molecule has 0 spiro atoms. The van der Waals surface area contributed by atoms with Crippen molar-refractivity contribution in [2.45, 2.75) is 34.1 Å². The van der Waals surface area contributed by atoms with Crippen molar-refractivity contribution < 1.29 is 0 Å². The van der Waals surface area contributed by atoms with Gasteiger partial charge in [-0.05, 0) is 37.1 Å². The SMILES string of the molecule is C=Cc1ccc(-c2cccc(C)n2)c(C)c1.CCC. The molecule has 0 saturated carbocycles. The Balaban J connectivity index is 0.000000550. The topological polar surface area (TPSA) is 12.9 Å². The van der Waals surface area contributed by atoms with Crippen molar-refractivity contribution in [3.05, 3.63) is 59.8 Å². The summed E-state index contributed by atoms with van der Waals surface area (Å²) in [5, 5.41) is 0. The predicted octanol–water partition coefficient (Wildman–Crippen LogP) is 5.42. The van der Waals surface area contributed by atoms with Crippen LogP contribution in [0.1, 0.15) is 37.1 Å². The summed E-state index contributed by atoms with van der Waals surface area (Å²) in [5.74, 6) is 0. The fourth-order valence-corrected chi connectivity index (χ4v) is 1.79. The van der Waals surface area contributed by atoms with Gasteiger partial charge < -0.3 is 0 Å². The summed E-state index contributed by atoms with van der Waals surface area (Å²) in [6.07, 6.45) is 3.11. The molecule has 0 atom stereocenters. The van der Waals surface area contributed by atoms with Gasteiger partial charge in [0, 0.05) is 11.3 Å². The Morgan fingerprint density at radius 1 is 1.11 bits per heavy atom. The first-order chi connectivity index (χ1) is 9.12. The monoisotopic (exact) mass is 253 g/mol. The number of pyridine rings is 1. The van der Waals surface area contributed by atoms with E-state index < -0.39 is 0 Å². The summed E-state index contributed by atoms with van der Waals surface area (Å²) >= 11 is 0. The zero-order chi connectivity index (χ0) is 14.3. The number of aryl methyl sites for hydroxylation is 2. The Bertz CT molecular complexity index is 541. The lowest BCUT2D eigenvalue weighted by atomic mass is 10.0. The summed E-state index contributed by atoms with van der Waals surface area (Å²) in [5.41, 5.74) is 5.65. The van der Waals surface area contributed by atoms with E-state index in [9.17, 15) is 0 Å². The number of benzene rings is 1. The Morgan fingerprint density at radius 3 is 2.32 bits per heavy atom. The summed E-state index contributed by atoms with van der Waals surface area (Å²) < 4.78 is 0. The van der Waals surface area contributed by atoms with Crippen LogP contribution in [0, 0.1) is 13.8 Å². The molecule has 1 aromatic heterocycles. The van der Waals surface area contributed by atoms with Gasteiger partial charge in [-0.25, -0.2) is 0 Å². The lowest BCUT2D eigenvalue weighted by molar-refractivity contribution is 1.09. The van der Waals surface area contributed by atoms with E-state index in [-0.39, 0.29) is 0 Å². The lowest BCUT2D eigenvalue weighted by Crippen LogP contribution is -1.89. The van der Waals surface area contributed by atoms with Gasteiger partial charge >= 0.3 is 0 Å². The second kappa shape index (κ2) is 7.52. The summed E-state index contributed by atoms with van der Waals surface area (Å²) in [6, 6.07) is 12.4. The molecule has 0 saturated heterocycles. The fourth-order valence-electron chi connectivity index (χ4n) is 1.79. The van der Waals surface area contributed by atoms with Crippen molar-refractivity contribution in [3.8, 4) is 11.3 Å². The molecule has 0 fully saturated rings. The Labute approximate surface area is 117 Å². The van der Waals surface area contributed by atoms with Crippen LogP contribution < -0.4 is 0 Å². The lowest BCUT2D eigenvalue weighted by Gasteiger charge is -2.07. The van der Waals surface area contributed by atoms with Crippen molar-refractivity contribution in [2.75, 3.05) is 0 Å². The van der Waals surface area contributed by atoms with Crippen molar-refractivity contribution in [3.63, 3.8) is 0 Å². The van der Waals surface area contributed by atoms with Crippen LogP contribution >= 0.6 is 0 Å². The van der Waals surface area contributed by atoms with Crippen LogP contribution in [0.2, 0.25) is 0 Å². The van der Waals surface area contributed by atoms with Crippen LogP contribution in [0.4, 0.5) is 0 Å². The Morgan fingerprint density at radius 2 is 1.79 bits per heavy atom. The molecule has 2 rings (SSSR count). The number of hydrogen-bond acceptors (Lipinski definition) is 1. The molecule has 19 heavy (non-hydrogen) atoms. The molecule has 1 nitrogen and oxygen atoms in total. The molecule has 1 heterocycles. The second-order valence-electron chi connectivity index (χ2n) is 4.65. The Kier molecular flexibility index (Phi) is 6.01. The van der Waals surface area contributed by atoms with Gasteiger partial charge in [0.2, 0.25) is 0 Å². The standard InChI is InChI=1S/C15H15N.C3H8/c1-4-13-8-9-14(11(2)10-13)15-7-5-6-12(3)16-15;1-3-2/h4-10H,1H2,2-3H3;3H2,1-2H3. The van der Waals surface area contributed by atoms with Gasteiger partial charge in [-0.1, -0.05) is 57.2 Å². The molecule has 100 valence electrons. The average Bonchev–Trinajstić information content (AvgIpc) is 2.39. The minimum absolute atomic E-state index is 1.04. The minimum atomic E-state index is 1.04. The highest BCUT2D eigenvalue weighted by atomic mass is 14.7.